The first kappa shape index (κ1) is 16.4. The van der Waals surface area contributed by atoms with Gasteiger partial charge in [0.15, 0.2) is 0 Å². The molecule has 3 nitrogen and oxygen atoms in total. The molecule has 0 saturated carbocycles. The molecule has 0 aromatic carbocycles. The molecule has 0 aliphatic rings. The molecule has 0 fully saturated rings. The highest BCUT2D eigenvalue weighted by Gasteiger charge is 2.19. The molecule has 3 atom stereocenters. The van der Waals surface area contributed by atoms with Crippen molar-refractivity contribution in [2.45, 2.75) is 65.8 Å². The molecule has 17 heavy (non-hydrogen) atoms. The molecule has 3 heteroatoms. The normalized spacial score (nSPS) is 16.3. The molecule has 0 radical (unpaired) electrons. The quantitative estimate of drug-likeness (QED) is 0.653. The van der Waals surface area contributed by atoms with Gasteiger partial charge < -0.3 is 11.1 Å². The minimum absolute atomic E-state index is 0.00861. The first-order valence-electron chi connectivity index (χ1n) is 7.09. The molecular formula is C14H30N2O. The molecule has 0 aliphatic carbocycles. The first-order valence-corrected chi connectivity index (χ1v) is 7.09. The fourth-order valence-corrected chi connectivity index (χ4v) is 1.82. The summed E-state index contributed by atoms with van der Waals surface area (Å²) in [5, 5.41) is 2.99. The van der Waals surface area contributed by atoms with Crippen LogP contribution in [0.1, 0.15) is 59.8 Å². The average Bonchev–Trinajstić information content (AvgIpc) is 2.36. The van der Waals surface area contributed by atoms with Crippen molar-refractivity contribution in [3.63, 3.8) is 0 Å². The summed E-state index contributed by atoms with van der Waals surface area (Å²) in [6.45, 7) is 9.25. The summed E-state index contributed by atoms with van der Waals surface area (Å²) in [6.07, 6.45) is 5.73. The van der Waals surface area contributed by atoms with E-state index in [4.69, 9.17) is 5.73 Å². The van der Waals surface area contributed by atoms with E-state index in [1.54, 1.807) is 0 Å². The number of amides is 1. The van der Waals surface area contributed by atoms with Gasteiger partial charge in [0, 0.05) is 6.54 Å². The number of nitrogens with one attached hydrogen (secondary N) is 1. The Morgan fingerprint density at radius 3 is 2.35 bits per heavy atom. The lowest BCUT2D eigenvalue weighted by atomic mass is 9.97. The van der Waals surface area contributed by atoms with E-state index >= 15 is 0 Å². The van der Waals surface area contributed by atoms with E-state index in [2.05, 4.69) is 26.1 Å². The third-order valence-corrected chi connectivity index (χ3v) is 3.67. The second-order valence-electron chi connectivity index (χ2n) is 5.07. The molecule has 102 valence electrons. The van der Waals surface area contributed by atoms with Crippen LogP contribution in [-0.4, -0.2) is 18.5 Å². The minimum atomic E-state index is -0.358. The van der Waals surface area contributed by atoms with E-state index in [9.17, 15) is 4.79 Å². The molecule has 0 aliphatic heterocycles. The van der Waals surface area contributed by atoms with Crippen molar-refractivity contribution < 1.29 is 4.79 Å². The Hall–Kier alpha value is -0.570. The van der Waals surface area contributed by atoms with Crippen LogP contribution in [0.25, 0.3) is 0 Å². The second-order valence-corrected chi connectivity index (χ2v) is 5.07. The molecule has 1 amide bonds. The third kappa shape index (κ3) is 6.67. The van der Waals surface area contributed by atoms with Crippen LogP contribution in [-0.2, 0) is 4.79 Å². The summed E-state index contributed by atoms with van der Waals surface area (Å²) < 4.78 is 0. The Balaban J connectivity index is 3.95. The Labute approximate surface area is 107 Å². The van der Waals surface area contributed by atoms with Gasteiger partial charge in [0.25, 0.3) is 0 Å². The summed E-state index contributed by atoms with van der Waals surface area (Å²) in [5.74, 6) is 0.864. The van der Waals surface area contributed by atoms with Gasteiger partial charge in [-0.2, -0.15) is 0 Å². The van der Waals surface area contributed by atoms with E-state index in [0.717, 1.165) is 19.4 Å². The molecule has 0 heterocycles. The Bertz CT molecular complexity index is 206. The van der Waals surface area contributed by atoms with Crippen molar-refractivity contribution in [1.82, 2.24) is 5.32 Å². The van der Waals surface area contributed by atoms with Crippen LogP contribution in [0, 0.1) is 11.8 Å². The van der Waals surface area contributed by atoms with Gasteiger partial charge in [0.2, 0.25) is 5.91 Å². The molecule has 0 bridgehead atoms. The monoisotopic (exact) mass is 242 g/mol. The Morgan fingerprint density at radius 1 is 1.24 bits per heavy atom. The lowest BCUT2D eigenvalue weighted by Crippen LogP contribution is -2.45. The zero-order valence-corrected chi connectivity index (χ0v) is 12.0. The molecule has 0 aromatic heterocycles. The van der Waals surface area contributed by atoms with Crippen LogP contribution in [0.2, 0.25) is 0 Å². The van der Waals surface area contributed by atoms with E-state index in [-0.39, 0.29) is 17.9 Å². The zero-order valence-electron chi connectivity index (χ0n) is 12.0. The van der Waals surface area contributed by atoms with Crippen molar-refractivity contribution in [3.05, 3.63) is 0 Å². The summed E-state index contributed by atoms with van der Waals surface area (Å²) in [4.78, 5) is 11.8. The predicted molar refractivity (Wildman–Crippen MR) is 73.7 cm³/mol. The zero-order chi connectivity index (χ0) is 13.3. The number of unbranched alkanes of at least 4 members (excludes halogenated alkanes) is 1. The van der Waals surface area contributed by atoms with Crippen molar-refractivity contribution in [1.29, 1.82) is 0 Å². The van der Waals surface area contributed by atoms with Gasteiger partial charge in [-0.05, 0) is 18.3 Å². The van der Waals surface area contributed by atoms with Gasteiger partial charge in [-0.25, -0.2) is 0 Å². The van der Waals surface area contributed by atoms with Crippen molar-refractivity contribution in [2.24, 2.45) is 17.6 Å². The Morgan fingerprint density at radius 2 is 1.88 bits per heavy atom. The van der Waals surface area contributed by atoms with Crippen molar-refractivity contribution >= 4 is 5.91 Å². The molecule has 0 aromatic rings. The van der Waals surface area contributed by atoms with Gasteiger partial charge in [-0.15, -0.1) is 0 Å². The molecule has 3 unspecified atom stereocenters. The van der Waals surface area contributed by atoms with E-state index in [1.165, 1.54) is 19.3 Å². The van der Waals surface area contributed by atoms with Crippen LogP contribution >= 0.6 is 0 Å². The fourth-order valence-electron chi connectivity index (χ4n) is 1.82. The van der Waals surface area contributed by atoms with Crippen LogP contribution < -0.4 is 11.1 Å². The number of hydrogen-bond acceptors (Lipinski definition) is 2. The van der Waals surface area contributed by atoms with Crippen molar-refractivity contribution in [3.8, 4) is 0 Å². The summed E-state index contributed by atoms with van der Waals surface area (Å²) in [5.41, 5.74) is 5.89. The molecule has 0 saturated heterocycles. The minimum Gasteiger partial charge on any atom is -0.354 e. The highest BCUT2D eigenvalue weighted by atomic mass is 16.2. The fraction of sp³-hybridized carbons (Fsp3) is 0.929. The number of rotatable bonds is 9. The summed E-state index contributed by atoms with van der Waals surface area (Å²) >= 11 is 0. The lowest BCUT2D eigenvalue weighted by Gasteiger charge is -2.20. The molecule has 0 spiro atoms. The maximum atomic E-state index is 11.8. The maximum Gasteiger partial charge on any atom is 0.237 e. The SMILES string of the molecule is CCCCC(CC)CNC(=O)C(N)C(C)CC. The van der Waals surface area contributed by atoms with Crippen LogP contribution in [0.15, 0.2) is 0 Å². The second kappa shape index (κ2) is 9.46. The van der Waals surface area contributed by atoms with E-state index < -0.39 is 0 Å². The summed E-state index contributed by atoms with van der Waals surface area (Å²) in [6, 6.07) is -0.358. The van der Waals surface area contributed by atoms with Gasteiger partial charge in [-0.3, -0.25) is 4.79 Å². The van der Waals surface area contributed by atoms with Gasteiger partial charge in [0.1, 0.15) is 0 Å². The van der Waals surface area contributed by atoms with E-state index in [0.29, 0.717) is 5.92 Å². The number of carbonyl (C=O) groups excluding carboxylic acids is 1. The van der Waals surface area contributed by atoms with Gasteiger partial charge in [0.05, 0.1) is 6.04 Å². The largest absolute Gasteiger partial charge is 0.354 e. The van der Waals surface area contributed by atoms with Crippen LogP contribution in [0.4, 0.5) is 0 Å². The van der Waals surface area contributed by atoms with E-state index in [1.807, 2.05) is 6.92 Å². The number of nitrogens with two attached hydrogens (primary N) is 1. The van der Waals surface area contributed by atoms with Gasteiger partial charge >= 0.3 is 0 Å². The number of hydrogen-bond donors (Lipinski definition) is 2. The standard InChI is InChI=1S/C14H30N2O/c1-5-8-9-12(7-3)10-16-14(17)13(15)11(4)6-2/h11-13H,5-10,15H2,1-4H3,(H,16,17). The predicted octanol–water partition coefficient (Wildman–Crippen LogP) is 2.69. The lowest BCUT2D eigenvalue weighted by molar-refractivity contribution is -0.123. The smallest absolute Gasteiger partial charge is 0.237 e. The van der Waals surface area contributed by atoms with Crippen LogP contribution in [0.3, 0.4) is 0 Å². The highest BCUT2D eigenvalue weighted by molar-refractivity contribution is 5.81. The molecule has 0 rings (SSSR count). The Kier molecular flexibility index (Phi) is 9.14. The topological polar surface area (TPSA) is 55.1 Å². The van der Waals surface area contributed by atoms with Crippen LogP contribution in [0.5, 0.6) is 0 Å². The summed E-state index contributed by atoms with van der Waals surface area (Å²) in [7, 11) is 0. The third-order valence-electron chi connectivity index (χ3n) is 3.67. The molecular weight excluding hydrogens is 212 g/mol. The number of carbonyl (C=O) groups is 1. The average molecular weight is 242 g/mol. The van der Waals surface area contributed by atoms with Gasteiger partial charge in [-0.1, -0.05) is 53.4 Å². The maximum absolute atomic E-state index is 11.8. The first-order chi connectivity index (χ1) is 8.06. The van der Waals surface area contributed by atoms with Crippen molar-refractivity contribution in [2.75, 3.05) is 6.54 Å². The highest BCUT2D eigenvalue weighted by Crippen LogP contribution is 2.11. The molecule has 3 N–H and O–H groups in total.